The molecule has 0 spiro atoms. The molecule has 328 valence electrons. The quantitative estimate of drug-likeness (QED) is 0.0536. The van der Waals surface area contributed by atoms with Crippen molar-refractivity contribution < 1.29 is 51.9 Å². The molecule has 7 rings (SSSR count). The van der Waals surface area contributed by atoms with Crippen LogP contribution < -0.4 is 19.7 Å². The summed E-state index contributed by atoms with van der Waals surface area (Å²) in [5, 5.41) is 2.31. The smallest absolute Gasteiger partial charge is 0.255 e. The molecule has 3 amide bonds. The first-order valence-electron chi connectivity index (χ1n) is 20.4. The van der Waals surface area contributed by atoms with Crippen LogP contribution in [0.1, 0.15) is 28.8 Å². The SMILES string of the molecule is CN(C)c1ccc(-c2ccc(-c3cn4cc(OCCOCCOCCOCCOCCOCCOc5ccc6c(c5)CN(C5CCC(=O)NC5=O)C6=O)ccc4n3)nc2)c(F)n1. The van der Waals surface area contributed by atoms with E-state index in [1.54, 1.807) is 41.4 Å². The number of fused-ring (bicyclic) bond motifs is 2. The van der Waals surface area contributed by atoms with E-state index in [0.717, 1.165) is 11.2 Å². The normalized spacial score (nSPS) is 15.0. The number of ether oxygens (including phenoxy) is 7. The van der Waals surface area contributed by atoms with Gasteiger partial charge in [0.2, 0.25) is 17.8 Å². The molecule has 2 aliphatic rings. The van der Waals surface area contributed by atoms with Gasteiger partial charge in [0, 0.05) is 56.1 Å². The van der Waals surface area contributed by atoms with Gasteiger partial charge < -0.3 is 47.4 Å². The van der Waals surface area contributed by atoms with Crippen molar-refractivity contribution in [3.63, 3.8) is 0 Å². The standard InChI is InChI=1S/C44H50FN7O10/c1-50(2)39-11-7-34(42(45)48-39)30-3-8-36(46-26-30)37-29-51-28-33(5-10-40(51)47-37)62-24-22-60-20-18-58-16-14-56-13-15-57-17-19-59-21-23-61-32-4-6-35-31(25-32)27-52(44(35)55)38-9-12-41(53)49-43(38)54/h3-8,10-11,25-26,28-29,38H,9,12-24,27H2,1-2H3,(H,49,53,54). The highest BCUT2D eigenvalue weighted by Crippen LogP contribution is 2.30. The molecule has 1 aromatic carbocycles. The highest BCUT2D eigenvalue weighted by molar-refractivity contribution is 6.05. The Morgan fingerprint density at radius 1 is 0.710 bits per heavy atom. The molecule has 1 fully saturated rings. The number of benzene rings is 1. The topological polar surface area (TPSA) is 177 Å². The number of anilines is 1. The van der Waals surface area contributed by atoms with Crippen LogP contribution in [-0.4, -0.2) is 141 Å². The number of nitrogens with one attached hydrogen (secondary N) is 1. The van der Waals surface area contributed by atoms with E-state index in [1.807, 2.05) is 55.2 Å². The van der Waals surface area contributed by atoms with Crippen molar-refractivity contribution >= 4 is 29.2 Å². The van der Waals surface area contributed by atoms with Crippen molar-refractivity contribution in [2.75, 3.05) is 98.3 Å². The molecule has 1 atom stereocenters. The minimum Gasteiger partial charge on any atom is -0.491 e. The Morgan fingerprint density at radius 3 is 1.95 bits per heavy atom. The van der Waals surface area contributed by atoms with Crippen LogP contribution in [0.25, 0.3) is 28.2 Å². The zero-order chi connectivity index (χ0) is 43.3. The number of pyridine rings is 3. The highest BCUT2D eigenvalue weighted by atomic mass is 19.1. The van der Waals surface area contributed by atoms with Crippen molar-refractivity contribution in [2.45, 2.75) is 25.4 Å². The first-order valence-corrected chi connectivity index (χ1v) is 20.4. The first kappa shape index (κ1) is 44.0. The Bertz CT molecular complexity index is 2310. The van der Waals surface area contributed by atoms with Crippen LogP contribution >= 0.6 is 0 Å². The van der Waals surface area contributed by atoms with Crippen LogP contribution in [0.15, 0.2) is 73.2 Å². The zero-order valence-corrected chi connectivity index (χ0v) is 34.8. The lowest BCUT2D eigenvalue weighted by Gasteiger charge is -2.29. The van der Waals surface area contributed by atoms with Crippen LogP contribution in [0, 0.1) is 5.95 Å². The van der Waals surface area contributed by atoms with Crippen molar-refractivity contribution in [3.05, 3.63) is 90.3 Å². The van der Waals surface area contributed by atoms with Crippen molar-refractivity contribution in [1.29, 1.82) is 0 Å². The minimum atomic E-state index is -0.649. The van der Waals surface area contributed by atoms with Crippen LogP contribution in [0.5, 0.6) is 11.5 Å². The molecule has 62 heavy (non-hydrogen) atoms. The molecular weight excluding hydrogens is 806 g/mol. The molecule has 1 unspecified atom stereocenters. The number of rotatable bonds is 24. The van der Waals surface area contributed by atoms with Gasteiger partial charge >= 0.3 is 0 Å². The molecule has 5 aromatic rings. The second-order valence-corrected chi connectivity index (χ2v) is 14.6. The van der Waals surface area contributed by atoms with Crippen LogP contribution in [0.4, 0.5) is 10.2 Å². The molecule has 0 aliphatic carbocycles. The average Bonchev–Trinajstić information content (AvgIpc) is 3.84. The summed E-state index contributed by atoms with van der Waals surface area (Å²) >= 11 is 0. The lowest BCUT2D eigenvalue weighted by atomic mass is 10.0. The van der Waals surface area contributed by atoms with Gasteiger partial charge in [0.05, 0.1) is 78.0 Å². The Balaban J connectivity index is 0.666. The fourth-order valence-corrected chi connectivity index (χ4v) is 6.83. The molecule has 0 radical (unpaired) electrons. The van der Waals surface area contributed by atoms with Crippen LogP contribution in [0.2, 0.25) is 0 Å². The van der Waals surface area contributed by atoms with E-state index < -0.39 is 17.9 Å². The maximum Gasteiger partial charge on any atom is 0.255 e. The molecule has 18 heteroatoms. The Morgan fingerprint density at radius 2 is 1.34 bits per heavy atom. The number of hydrogen-bond donors (Lipinski definition) is 1. The van der Waals surface area contributed by atoms with Crippen molar-refractivity contribution in [1.82, 2.24) is 29.6 Å². The van der Waals surface area contributed by atoms with Gasteiger partial charge in [0.1, 0.15) is 47.9 Å². The molecule has 1 N–H and O–H groups in total. The molecular formula is C44H50FN7O10. The number of piperidine rings is 1. The Kier molecular flexibility index (Phi) is 15.4. The van der Waals surface area contributed by atoms with Gasteiger partial charge in [-0.2, -0.15) is 4.39 Å². The summed E-state index contributed by atoms with van der Waals surface area (Å²) in [6.45, 7) is 5.19. The highest BCUT2D eigenvalue weighted by Gasteiger charge is 2.39. The third-order valence-corrected chi connectivity index (χ3v) is 10.0. The molecule has 0 bridgehead atoms. The van der Waals surface area contributed by atoms with Gasteiger partial charge in [-0.05, 0) is 60.5 Å². The molecule has 17 nitrogen and oxygen atoms in total. The van der Waals surface area contributed by atoms with Crippen LogP contribution in [-0.2, 0) is 39.8 Å². The zero-order valence-electron chi connectivity index (χ0n) is 34.8. The van der Waals surface area contributed by atoms with E-state index in [4.69, 9.17) is 33.2 Å². The summed E-state index contributed by atoms with van der Waals surface area (Å²) in [4.78, 5) is 53.0. The fourth-order valence-electron chi connectivity index (χ4n) is 6.83. The number of hydrogen-bond acceptors (Lipinski definition) is 14. The van der Waals surface area contributed by atoms with E-state index in [9.17, 15) is 18.8 Å². The summed E-state index contributed by atoms with van der Waals surface area (Å²) in [6.07, 6.45) is 5.87. The van der Waals surface area contributed by atoms with E-state index in [0.29, 0.717) is 138 Å². The van der Waals surface area contributed by atoms with Crippen LogP contribution in [0.3, 0.4) is 0 Å². The third-order valence-electron chi connectivity index (χ3n) is 10.0. The second kappa shape index (κ2) is 21.7. The number of halogens is 1. The van der Waals surface area contributed by atoms with Gasteiger partial charge in [0.25, 0.3) is 5.91 Å². The van der Waals surface area contributed by atoms with E-state index in [2.05, 4.69) is 20.3 Å². The maximum atomic E-state index is 14.6. The predicted octanol–water partition coefficient (Wildman–Crippen LogP) is 3.97. The Labute approximate surface area is 358 Å². The lowest BCUT2D eigenvalue weighted by molar-refractivity contribution is -0.136. The monoisotopic (exact) mass is 855 g/mol. The Hall–Kier alpha value is -6.05. The predicted molar refractivity (Wildman–Crippen MR) is 224 cm³/mol. The van der Waals surface area contributed by atoms with Gasteiger partial charge in [-0.25, -0.2) is 9.97 Å². The molecule has 2 aliphatic heterocycles. The maximum absolute atomic E-state index is 14.6. The third kappa shape index (κ3) is 11.6. The second-order valence-electron chi connectivity index (χ2n) is 14.6. The minimum absolute atomic E-state index is 0.214. The van der Waals surface area contributed by atoms with Crippen molar-refractivity contribution in [2.24, 2.45) is 0 Å². The number of nitrogens with zero attached hydrogens (tertiary/aromatic N) is 6. The summed E-state index contributed by atoms with van der Waals surface area (Å²) in [6, 6.07) is 15.4. The summed E-state index contributed by atoms with van der Waals surface area (Å²) in [7, 11) is 3.62. The molecule has 0 saturated carbocycles. The summed E-state index contributed by atoms with van der Waals surface area (Å²) < 4.78 is 56.0. The van der Waals surface area contributed by atoms with E-state index in [-0.39, 0.29) is 18.2 Å². The number of carbonyl (C=O) groups excluding carboxylic acids is 3. The molecule has 6 heterocycles. The molecule has 4 aromatic heterocycles. The number of imidazole rings is 1. The van der Waals surface area contributed by atoms with Gasteiger partial charge in [-0.1, -0.05) is 6.07 Å². The number of carbonyl (C=O) groups is 3. The molecule has 1 saturated heterocycles. The number of imide groups is 1. The van der Waals surface area contributed by atoms with Gasteiger partial charge in [-0.3, -0.25) is 24.7 Å². The van der Waals surface area contributed by atoms with Gasteiger partial charge in [-0.15, -0.1) is 0 Å². The summed E-state index contributed by atoms with van der Waals surface area (Å²) in [5.41, 5.74) is 4.41. The van der Waals surface area contributed by atoms with Gasteiger partial charge in [0.15, 0.2) is 0 Å². The summed E-state index contributed by atoms with van der Waals surface area (Å²) in [5.74, 6) is 0.310. The van der Waals surface area contributed by atoms with Crippen molar-refractivity contribution in [3.8, 4) is 34.0 Å². The number of aromatic nitrogens is 4. The van der Waals surface area contributed by atoms with E-state index >= 15 is 0 Å². The van der Waals surface area contributed by atoms with E-state index in [1.165, 1.54) is 4.90 Å². The largest absolute Gasteiger partial charge is 0.491 e. The lowest BCUT2D eigenvalue weighted by Crippen LogP contribution is -2.52. The average molecular weight is 856 g/mol. The first-order chi connectivity index (χ1) is 30.2. The number of amides is 3. The fraction of sp³-hybridized carbons (Fsp3) is 0.409.